The Bertz CT molecular complexity index is 416. The van der Waals surface area contributed by atoms with E-state index in [4.69, 9.17) is 0 Å². The maximum Gasteiger partial charge on any atom is 0.0638 e. The molecule has 1 N–H and O–H groups in total. The predicted molar refractivity (Wildman–Crippen MR) is 77.0 cm³/mol. The molecule has 0 radical (unpaired) electrons. The highest BCUT2D eigenvalue weighted by molar-refractivity contribution is 5.15. The smallest absolute Gasteiger partial charge is 0.0638 e. The van der Waals surface area contributed by atoms with Crippen molar-refractivity contribution in [3.63, 3.8) is 0 Å². The summed E-state index contributed by atoms with van der Waals surface area (Å²) < 4.78 is 1.94. The van der Waals surface area contributed by atoms with Gasteiger partial charge < -0.3 is 5.32 Å². The van der Waals surface area contributed by atoms with Gasteiger partial charge in [-0.2, -0.15) is 5.10 Å². The van der Waals surface area contributed by atoms with Gasteiger partial charge in [0.05, 0.1) is 5.69 Å². The summed E-state index contributed by atoms with van der Waals surface area (Å²) in [5.74, 6) is 0. The highest BCUT2D eigenvalue weighted by atomic mass is 15.3. The number of aromatic nitrogens is 2. The van der Waals surface area contributed by atoms with Crippen LogP contribution in [0.3, 0.4) is 0 Å². The summed E-state index contributed by atoms with van der Waals surface area (Å²) in [5.41, 5.74) is 2.58. The maximum absolute atomic E-state index is 4.47. The summed E-state index contributed by atoms with van der Waals surface area (Å²) in [6, 6.07) is 1.52. The zero-order valence-corrected chi connectivity index (χ0v) is 12.2. The van der Waals surface area contributed by atoms with Gasteiger partial charge in [-0.25, -0.2) is 0 Å². The van der Waals surface area contributed by atoms with Gasteiger partial charge in [0.1, 0.15) is 0 Å². The van der Waals surface area contributed by atoms with Crippen LogP contribution in [0.2, 0.25) is 0 Å². The molecule has 0 spiro atoms. The normalized spacial score (nSPS) is 24.1. The largest absolute Gasteiger partial charge is 0.313 e. The molecule has 0 amide bonds. The van der Waals surface area contributed by atoms with Crippen molar-refractivity contribution >= 4 is 0 Å². The quantitative estimate of drug-likeness (QED) is 0.879. The number of nitrogens with zero attached hydrogens (tertiary/aromatic N) is 3. The first-order valence-electron chi connectivity index (χ1n) is 7.69. The number of rotatable bonds is 5. The van der Waals surface area contributed by atoms with Crippen LogP contribution in [0.1, 0.15) is 43.4 Å². The third-order valence-corrected chi connectivity index (χ3v) is 4.42. The summed E-state index contributed by atoms with van der Waals surface area (Å²) in [5, 5.41) is 8.14. The Morgan fingerprint density at radius 2 is 2.21 bits per heavy atom. The lowest BCUT2D eigenvalue weighted by atomic mass is 10.0. The van der Waals surface area contributed by atoms with Gasteiger partial charge >= 0.3 is 0 Å². The molecule has 19 heavy (non-hydrogen) atoms. The van der Waals surface area contributed by atoms with E-state index in [-0.39, 0.29) is 0 Å². The van der Waals surface area contributed by atoms with Gasteiger partial charge in [0.25, 0.3) is 0 Å². The first-order chi connectivity index (χ1) is 9.22. The molecule has 2 aliphatic rings. The average molecular weight is 262 g/mol. The number of hydrogen-bond donors (Lipinski definition) is 1. The minimum atomic E-state index is 0.700. The van der Waals surface area contributed by atoms with E-state index in [1.165, 1.54) is 56.5 Å². The van der Waals surface area contributed by atoms with Crippen LogP contribution in [0.5, 0.6) is 0 Å². The highest BCUT2D eigenvalue weighted by Gasteiger charge is 2.31. The first kappa shape index (κ1) is 13.1. The maximum atomic E-state index is 4.47. The van der Waals surface area contributed by atoms with Crippen LogP contribution in [-0.4, -0.2) is 39.9 Å². The fourth-order valence-electron chi connectivity index (χ4n) is 3.17. The lowest BCUT2D eigenvalue weighted by Crippen LogP contribution is -2.44. The van der Waals surface area contributed by atoms with Crippen molar-refractivity contribution in [2.24, 2.45) is 7.05 Å². The lowest BCUT2D eigenvalue weighted by Gasteiger charge is -2.30. The Morgan fingerprint density at radius 1 is 1.37 bits per heavy atom. The average Bonchev–Trinajstić information content (AvgIpc) is 3.18. The summed E-state index contributed by atoms with van der Waals surface area (Å²) in [6.45, 7) is 5.61. The van der Waals surface area contributed by atoms with E-state index in [2.05, 4.69) is 28.4 Å². The fraction of sp³-hybridized carbons (Fsp3) is 0.800. The topological polar surface area (TPSA) is 33.1 Å². The molecule has 1 unspecified atom stereocenters. The molecule has 0 aromatic carbocycles. The SMILES string of the molecule is Cc1nn(C)cc1CN(CC1CCCCN1)C1CC1. The van der Waals surface area contributed by atoms with Crippen LogP contribution in [0.4, 0.5) is 0 Å². The standard InChI is InChI=1S/C15H26N4/c1-12-13(9-18(2)17-12)10-19(15-6-7-15)11-14-5-3-4-8-16-14/h9,14-16H,3-8,10-11H2,1-2H3. The Balaban J connectivity index is 1.62. The first-order valence-corrected chi connectivity index (χ1v) is 7.69. The molecule has 106 valence electrons. The van der Waals surface area contributed by atoms with Gasteiger partial charge in [0, 0.05) is 44.0 Å². The molecule has 4 heteroatoms. The second-order valence-corrected chi connectivity index (χ2v) is 6.22. The minimum Gasteiger partial charge on any atom is -0.313 e. The Morgan fingerprint density at radius 3 is 2.79 bits per heavy atom. The van der Waals surface area contributed by atoms with Crippen LogP contribution in [-0.2, 0) is 13.6 Å². The van der Waals surface area contributed by atoms with Crippen molar-refractivity contribution in [1.82, 2.24) is 20.0 Å². The highest BCUT2D eigenvalue weighted by Crippen LogP contribution is 2.29. The van der Waals surface area contributed by atoms with Crippen LogP contribution < -0.4 is 5.32 Å². The molecule has 0 bridgehead atoms. The van der Waals surface area contributed by atoms with Crippen molar-refractivity contribution in [2.45, 2.75) is 57.7 Å². The number of piperidine rings is 1. The van der Waals surface area contributed by atoms with Crippen molar-refractivity contribution in [3.05, 3.63) is 17.5 Å². The van der Waals surface area contributed by atoms with E-state index in [1.54, 1.807) is 0 Å². The second-order valence-electron chi connectivity index (χ2n) is 6.22. The van der Waals surface area contributed by atoms with Gasteiger partial charge in [-0.1, -0.05) is 6.42 Å². The van der Waals surface area contributed by atoms with Gasteiger partial charge in [0.2, 0.25) is 0 Å². The summed E-state index contributed by atoms with van der Waals surface area (Å²) in [7, 11) is 2.01. The van der Waals surface area contributed by atoms with Crippen molar-refractivity contribution < 1.29 is 0 Å². The monoisotopic (exact) mass is 262 g/mol. The van der Waals surface area contributed by atoms with E-state index in [0.717, 1.165) is 12.6 Å². The molecule has 1 aromatic heterocycles. The predicted octanol–water partition coefficient (Wildman–Crippen LogP) is 1.84. The van der Waals surface area contributed by atoms with Gasteiger partial charge in [-0.3, -0.25) is 9.58 Å². The molecule has 1 saturated carbocycles. The lowest BCUT2D eigenvalue weighted by molar-refractivity contribution is 0.208. The van der Waals surface area contributed by atoms with E-state index in [9.17, 15) is 0 Å². The third-order valence-electron chi connectivity index (χ3n) is 4.42. The third kappa shape index (κ3) is 3.37. The molecule has 1 aliphatic carbocycles. The van der Waals surface area contributed by atoms with E-state index in [0.29, 0.717) is 6.04 Å². The Kier molecular flexibility index (Phi) is 3.89. The van der Waals surface area contributed by atoms with E-state index in [1.807, 2.05) is 11.7 Å². The molecule has 1 aliphatic heterocycles. The van der Waals surface area contributed by atoms with Gasteiger partial charge in [-0.05, 0) is 39.2 Å². The Hall–Kier alpha value is -0.870. The minimum absolute atomic E-state index is 0.700. The van der Waals surface area contributed by atoms with Gasteiger partial charge in [0.15, 0.2) is 0 Å². The van der Waals surface area contributed by atoms with E-state index < -0.39 is 0 Å². The van der Waals surface area contributed by atoms with Crippen LogP contribution in [0.25, 0.3) is 0 Å². The van der Waals surface area contributed by atoms with Crippen molar-refractivity contribution in [3.8, 4) is 0 Å². The second kappa shape index (κ2) is 5.63. The number of nitrogens with one attached hydrogen (secondary N) is 1. The summed E-state index contributed by atoms with van der Waals surface area (Å²) >= 11 is 0. The molecule has 1 aromatic rings. The molecule has 3 rings (SSSR count). The fourth-order valence-corrected chi connectivity index (χ4v) is 3.17. The summed E-state index contributed by atoms with van der Waals surface area (Å²) in [6.07, 6.45) is 9.02. The number of aryl methyl sites for hydroxylation is 2. The van der Waals surface area contributed by atoms with Gasteiger partial charge in [-0.15, -0.1) is 0 Å². The summed E-state index contributed by atoms with van der Waals surface area (Å²) in [4.78, 5) is 2.67. The molecule has 2 fully saturated rings. The van der Waals surface area contributed by atoms with Crippen LogP contribution in [0.15, 0.2) is 6.20 Å². The molecule has 1 saturated heterocycles. The number of hydrogen-bond acceptors (Lipinski definition) is 3. The molecular formula is C15H26N4. The zero-order chi connectivity index (χ0) is 13.2. The zero-order valence-electron chi connectivity index (χ0n) is 12.2. The van der Waals surface area contributed by atoms with Crippen LogP contribution >= 0.6 is 0 Å². The molecular weight excluding hydrogens is 236 g/mol. The van der Waals surface area contributed by atoms with Crippen molar-refractivity contribution in [2.75, 3.05) is 13.1 Å². The molecule has 4 nitrogen and oxygen atoms in total. The Labute approximate surface area is 116 Å². The molecule has 2 heterocycles. The van der Waals surface area contributed by atoms with E-state index >= 15 is 0 Å². The molecule has 1 atom stereocenters. The van der Waals surface area contributed by atoms with Crippen LogP contribution in [0, 0.1) is 6.92 Å². The van der Waals surface area contributed by atoms with Crippen molar-refractivity contribution in [1.29, 1.82) is 0 Å².